The van der Waals surface area contributed by atoms with E-state index in [1.165, 1.54) is 22.6 Å². The Bertz CT molecular complexity index is 1080. The molecule has 0 bridgehead atoms. The van der Waals surface area contributed by atoms with E-state index in [1.807, 2.05) is 33.0 Å². The largest absolute Gasteiger partial charge is 0.388 e. The fourth-order valence-electron chi connectivity index (χ4n) is 5.26. The van der Waals surface area contributed by atoms with Crippen LogP contribution in [-0.4, -0.2) is 50.1 Å². The smallest absolute Gasteiger partial charge is 0.253 e. The minimum Gasteiger partial charge on any atom is -0.388 e. The van der Waals surface area contributed by atoms with E-state index in [9.17, 15) is 13.2 Å². The van der Waals surface area contributed by atoms with Gasteiger partial charge in [-0.2, -0.15) is 4.31 Å². The quantitative estimate of drug-likeness (QED) is 0.681. The average Bonchev–Trinajstić information content (AvgIpc) is 3.11. The van der Waals surface area contributed by atoms with Gasteiger partial charge < -0.3 is 10.6 Å². The highest BCUT2D eigenvalue weighted by molar-refractivity contribution is 7.92. The van der Waals surface area contributed by atoms with Crippen LogP contribution >= 0.6 is 0 Å². The molecule has 180 valence electrons. The molecule has 0 radical (unpaired) electrons. The minimum atomic E-state index is -3.57. The molecule has 2 heterocycles. The van der Waals surface area contributed by atoms with Crippen molar-refractivity contribution >= 4 is 33.5 Å². The van der Waals surface area contributed by atoms with E-state index >= 15 is 0 Å². The number of rotatable bonds is 5. The van der Waals surface area contributed by atoms with E-state index in [0.29, 0.717) is 31.8 Å². The summed E-state index contributed by atoms with van der Waals surface area (Å²) in [5.74, 6) is 1.84. The lowest BCUT2D eigenvalue weighted by atomic mass is 9.82. The maximum Gasteiger partial charge on any atom is 0.253 e. The Kier molecular flexibility index (Phi) is 6.69. The van der Waals surface area contributed by atoms with Gasteiger partial charge in [-0.3, -0.25) is 9.79 Å². The molecule has 0 atom stereocenters. The van der Waals surface area contributed by atoms with E-state index in [-0.39, 0.29) is 5.91 Å². The van der Waals surface area contributed by atoms with Gasteiger partial charge in [0.1, 0.15) is 11.4 Å². The van der Waals surface area contributed by atoms with Gasteiger partial charge >= 0.3 is 0 Å². The van der Waals surface area contributed by atoms with E-state index in [1.54, 1.807) is 6.08 Å². The Balaban J connectivity index is 1.43. The Morgan fingerprint density at radius 3 is 2.42 bits per heavy atom. The summed E-state index contributed by atoms with van der Waals surface area (Å²) in [4.78, 5) is 17.7. The number of nitrogens with zero attached hydrogens (tertiary/aromatic N) is 2. The Labute approximate surface area is 197 Å². The zero-order chi connectivity index (χ0) is 23.8. The van der Waals surface area contributed by atoms with E-state index in [4.69, 9.17) is 4.99 Å². The van der Waals surface area contributed by atoms with Crippen LogP contribution < -0.4 is 10.6 Å². The number of hydrogen-bond donors (Lipinski definition) is 2. The van der Waals surface area contributed by atoms with Crippen LogP contribution in [0.3, 0.4) is 0 Å². The van der Waals surface area contributed by atoms with Gasteiger partial charge in [0, 0.05) is 37.2 Å². The second kappa shape index (κ2) is 9.22. The number of anilines is 1. The van der Waals surface area contributed by atoms with Crippen LogP contribution in [0.1, 0.15) is 62.1 Å². The molecule has 1 saturated heterocycles. The number of nitrogens with one attached hydrogen (secondary N) is 2. The van der Waals surface area contributed by atoms with Gasteiger partial charge in [-0.1, -0.05) is 25.8 Å². The van der Waals surface area contributed by atoms with Crippen molar-refractivity contribution in [1.82, 2.24) is 9.62 Å². The van der Waals surface area contributed by atoms with Gasteiger partial charge in [-0.25, -0.2) is 8.42 Å². The van der Waals surface area contributed by atoms with E-state index in [2.05, 4.69) is 17.6 Å². The third kappa shape index (κ3) is 4.73. The van der Waals surface area contributed by atoms with E-state index < -0.39 is 15.6 Å². The molecule has 0 aromatic heterocycles. The topological polar surface area (TPSA) is 90.9 Å². The highest BCUT2D eigenvalue weighted by Gasteiger charge is 2.48. The first kappa shape index (κ1) is 24.0. The molecule has 2 fully saturated rings. The number of benzene rings is 1. The molecule has 2 aliphatic heterocycles. The molecule has 1 amide bonds. The third-order valence-corrected chi connectivity index (χ3v) is 9.39. The van der Waals surface area contributed by atoms with Crippen LogP contribution in [-0.2, 0) is 14.8 Å². The van der Waals surface area contributed by atoms with Crippen LogP contribution in [0, 0.1) is 25.7 Å². The second-order valence-corrected chi connectivity index (χ2v) is 11.7. The van der Waals surface area contributed by atoms with Gasteiger partial charge in [0.15, 0.2) is 0 Å². The number of sulfonamides is 1. The fraction of sp³-hybridized carbons (Fsp3) is 0.600. The number of amides is 1. The van der Waals surface area contributed by atoms with Crippen LogP contribution in [0.25, 0.3) is 6.08 Å². The molecule has 8 heteroatoms. The maximum absolute atomic E-state index is 13.0. The lowest BCUT2D eigenvalue weighted by molar-refractivity contribution is -0.124. The first-order chi connectivity index (χ1) is 15.6. The predicted octanol–water partition coefficient (Wildman–Crippen LogP) is 3.83. The molecule has 3 aliphatic rings. The van der Waals surface area contributed by atoms with Gasteiger partial charge in [-0.05, 0) is 74.3 Å². The Morgan fingerprint density at radius 2 is 1.79 bits per heavy atom. The van der Waals surface area contributed by atoms with Crippen LogP contribution in [0.5, 0.6) is 0 Å². The number of carbonyl (C=O) groups excluding carboxylic acids is 1. The second-order valence-electron chi connectivity index (χ2n) is 9.89. The normalized spacial score (nSPS) is 25.9. The molecule has 0 unspecified atom stereocenters. The summed E-state index contributed by atoms with van der Waals surface area (Å²) in [7, 11) is -1.70. The summed E-state index contributed by atoms with van der Waals surface area (Å²) in [6, 6.07) is 3.89. The van der Waals surface area contributed by atoms with Crippen molar-refractivity contribution in [2.75, 3.05) is 25.5 Å². The zero-order valence-corrected chi connectivity index (χ0v) is 21.0. The molecule has 1 aromatic carbocycles. The minimum absolute atomic E-state index is 0.0561. The van der Waals surface area contributed by atoms with Crippen LogP contribution in [0.15, 0.2) is 22.5 Å². The summed E-state index contributed by atoms with van der Waals surface area (Å²) < 4.78 is 27.5. The lowest BCUT2D eigenvalue weighted by Gasteiger charge is -2.34. The molecule has 4 rings (SSSR count). The number of carbonyl (C=O) groups is 1. The summed E-state index contributed by atoms with van der Waals surface area (Å²) >= 11 is 0. The molecule has 2 N–H and O–H groups in total. The summed E-state index contributed by atoms with van der Waals surface area (Å²) in [5, 5.41) is 7.48. The predicted molar refractivity (Wildman–Crippen MR) is 134 cm³/mol. The number of amidine groups is 1. The van der Waals surface area contributed by atoms with Crippen molar-refractivity contribution < 1.29 is 13.2 Å². The highest BCUT2D eigenvalue weighted by atomic mass is 32.2. The molecule has 1 aromatic rings. The summed E-state index contributed by atoms with van der Waals surface area (Å²) in [5.41, 5.74) is 3.27. The first-order valence-electron chi connectivity index (χ1n) is 12.0. The van der Waals surface area contributed by atoms with Crippen LogP contribution in [0.2, 0.25) is 0 Å². The maximum atomic E-state index is 13.0. The molecular formula is C25H36N4O3S. The Hall–Kier alpha value is -2.19. The molecular weight excluding hydrogens is 436 g/mol. The first-order valence-corrected chi connectivity index (χ1v) is 13.5. The molecule has 7 nitrogen and oxygen atoms in total. The monoisotopic (exact) mass is 472 g/mol. The summed E-state index contributed by atoms with van der Waals surface area (Å²) in [6.45, 7) is 6.89. The molecule has 1 saturated carbocycles. The van der Waals surface area contributed by atoms with Crippen molar-refractivity contribution in [3.63, 3.8) is 0 Å². The Morgan fingerprint density at radius 1 is 1.12 bits per heavy atom. The average molecular weight is 473 g/mol. The van der Waals surface area contributed by atoms with Crippen molar-refractivity contribution in [1.29, 1.82) is 0 Å². The van der Waals surface area contributed by atoms with Gasteiger partial charge in [0.2, 0.25) is 10.0 Å². The summed E-state index contributed by atoms with van der Waals surface area (Å²) in [6.07, 6.45) is 6.99. The highest BCUT2D eigenvalue weighted by Crippen LogP contribution is 2.36. The SMILES string of the molecule is CNc1ccc(/C=C/S(=O)(=O)N2CCC3(CC2)N=C(C2CCC(C)CC2)NC3=O)c(C)c1C. The van der Waals surface area contributed by atoms with Gasteiger partial charge in [0.05, 0.1) is 0 Å². The molecule has 1 aliphatic carbocycles. The standard InChI is InChI=1S/C25H36N4O3S/c1-17-5-7-21(8-6-17)23-27-24(30)25(28-23)12-14-29(15-13-25)33(31,32)16-11-20-9-10-22(26-4)19(3)18(20)2/h9-11,16-17,21,26H,5-8,12-15H2,1-4H3,(H,27,28,30)/b16-11+. The lowest BCUT2D eigenvalue weighted by Crippen LogP contribution is -2.50. The number of aliphatic imine (C=N–C) groups is 1. The molecule has 1 spiro atoms. The van der Waals surface area contributed by atoms with Crippen molar-refractivity contribution in [2.24, 2.45) is 16.8 Å². The van der Waals surface area contributed by atoms with Crippen LogP contribution in [0.4, 0.5) is 5.69 Å². The van der Waals surface area contributed by atoms with E-state index in [0.717, 1.165) is 47.0 Å². The third-order valence-electron chi connectivity index (χ3n) is 7.83. The fourth-order valence-corrected chi connectivity index (χ4v) is 6.44. The molecule has 33 heavy (non-hydrogen) atoms. The van der Waals surface area contributed by atoms with Crippen molar-refractivity contribution in [3.05, 3.63) is 34.2 Å². The number of hydrogen-bond acceptors (Lipinski definition) is 5. The van der Waals surface area contributed by atoms with Crippen molar-refractivity contribution in [2.45, 2.75) is 64.8 Å². The van der Waals surface area contributed by atoms with Gasteiger partial charge in [-0.15, -0.1) is 0 Å². The number of piperidine rings is 1. The zero-order valence-electron chi connectivity index (χ0n) is 20.1. The van der Waals surface area contributed by atoms with Gasteiger partial charge in [0.25, 0.3) is 5.91 Å². The van der Waals surface area contributed by atoms with Crippen molar-refractivity contribution in [3.8, 4) is 0 Å².